The molecule has 1 aliphatic heterocycles. The van der Waals surface area contributed by atoms with E-state index in [1.165, 1.54) is 0 Å². The summed E-state index contributed by atoms with van der Waals surface area (Å²) in [7, 11) is 0. The van der Waals surface area contributed by atoms with Crippen molar-refractivity contribution in [1.82, 2.24) is 10.2 Å². The molecule has 0 aromatic carbocycles. The molecule has 1 aromatic rings. The molecule has 2 rings (SSSR count). The first kappa shape index (κ1) is 10.2. The summed E-state index contributed by atoms with van der Waals surface area (Å²) < 4.78 is 0. The zero-order chi connectivity index (χ0) is 10.8. The van der Waals surface area contributed by atoms with Gasteiger partial charge in [-0.05, 0) is 28.8 Å². The van der Waals surface area contributed by atoms with Crippen molar-refractivity contribution in [2.75, 3.05) is 6.54 Å². The quantitative estimate of drug-likeness (QED) is 0.811. The zero-order valence-corrected chi connectivity index (χ0v) is 9.30. The number of urea groups is 1. The molecule has 0 spiro atoms. The van der Waals surface area contributed by atoms with E-state index in [2.05, 4.69) is 5.32 Å². The fraction of sp³-hybridized carbons (Fsp3) is 0.400. The molecule has 1 aliphatic rings. The largest absolute Gasteiger partial charge is 0.323 e. The fourth-order valence-electron chi connectivity index (χ4n) is 1.78. The molecule has 0 radical (unpaired) electrons. The first-order valence-electron chi connectivity index (χ1n) is 4.92. The Morgan fingerprint density at radius 3 is 3.07 bits per heavy atom. The van der Waals surface area contributed by atoms with Gasteiger partial charge in [-0.25, -0.2) is 4.79 Å². The molecule has 0 aliphatic carbocycles. The van der Waals surface area contributed by atoms with Gasteiger partial charge in [0.15, 0.2) is 0 Å². The summed E-state index contributed by atoms with van der Waals surface area (Å²) in [4.78, 5) is 13.3. The van der Waals surface area contributed by atoms with Crippen molar-refractivity contribution in [3.63, 3.8) is 0 Å². The highest BCUT2D eigenvalue weighted by Crippen LogP contribution is 2.27. The molecule has 2 heterocycles. The number of carbonyl (C=O) groups is 1. The van der Waals surface area contributed by atoms with Crippen molar-refractivity contribution in [1.29, 1.82) is 5.41 Å². The Morgan fingerprint density at radius 2 is 2.47 bits per heavy atom. The van der Waals surface area contributed by atoms with Crippen LogP contribution in [-0.2, 0) is 0 Å². The third kappa shape index (κ3) is 1.74. The van der Waals surface area contributed by atoms with Crippen molar-refractivity contribution in [3.8, 4) is 0 Å². The average molecular weight is 223 g/mol. The lowest BCUT2D eigenvalue weighted by molar-refractivity contribution is 0.206. The minimum absolute atomic E-state index is 0.155. The van der Waals surface area contributed by atoms with E-state index >= 15 is 0 Å². The van der Waals surface area contributed by atoms with Crippen LogP contribution in [0.4, 0.5) is 4.79 Å². The van der Waals surface area contributed by atoms with E-state index in [-0.39, 0.29) is 17.9 Å². The summed E-state index contributed by atoms with van der Waals surface area (Å²) in [5, 5.41) is 14.3. The van der Waals surface area contributed by atoms with Gasteiger partial charge in [0.2, 0.25) is 0 Å². The number of thiophene rings is 1. The molecular formula is C10H13N3OS. The Hall–Kier alpha value is -1.36. The standard InChI is InChI=1S/C10H13N3OS/c1-2-4-13-8(7-3-5-15-6-7)9(11)12-10(13)14/h3,5-6,8H,2,4H2,1H3,(H2,11,12,14). The zero-order valence-electron chi connectivity index (χ0n) is 8.49. The predicted molar refractivity (Wildman–Crippen MR) is 60.3 cm³/mol. The first-order chi connectivity index (χ1) is 7.24. The van der Waals surface area contributed by atoms with Crippen LogP contribution in [0.3, 0.4) is 0 Å². The molecule has 80 valence electrons. The smallest absolute Gasteiger partial charge is 0.310 e. The predicted octanol–water partition coefficient (Wildman–Crippen LogP) is 2.20. The number of nitrogens with one attached hydrogen (secondary N) is 2. The maximum absolute atomic E-state index is 11.6. The average Bonchev–Trinajstić information content (AvgIpc) is 2.77. The molecule has 0 saturated carbocycles. The van der Waals surface area contributed by atoms with Crippen molar-refractivity contribution in [2.45, 2.75) is 19.4 Å². The topological polar surface area (TPSA) is 56.2 Å². The highest BCUT2D eigenvalue weighted by Gasteiger charge is 2.36. The van der Waals surface area contributed by atoms with Gasteiger partial charge in [-0.15, -0.1) is 0 Å². The lowest BCUT2D eigenvalue weighted by atomic mass is 10.1. The molecule has 15 heavy (non-hydrogen) atoms. The molecule has 1 atom stereocenters. The van der Waals surface area contributed by atoms with Gasteiger partial charge in [0.25, 0.3) is 0 Å². The second kappa shape index (κ2) is 4.02. The lowest BCUT2D eigenvalue weighted by Crippen LogP contribution is -2.30. The Kier molecular flexibility index (Phi) is 2.73. The molecule has 2 N–H and O–H groups in total. The van der Waals surface area contributed by atoms with Gasteiger partial charge in [0, 0.05) is 6.54 Å². The highest BCUT2D eigenvalue weighted by molar-refractivity contribution is 7.08. The van der Waals surface area contributed by atoms with E-state index in [9.17, 15) is 4.79 Å². The van der Waals surface area contributed by atoms with E-state index in [1.807, 2.05) is 23.8 Å². The third-order valence-electron chi connectivity index (χ3n) is 2.41. The van der Waals surface area contributed by atoms with Gasteiger partial charge in [-0.2, -0.15) is 11.3 Å². The molecule has 1 fully saturated rings. The molecule has 1 unspecified atom stereocenters. The van der Waals surface area contributed by atoms with Gasteiger partial charge < -0.3 is 4.90 Å². The van der Waals surface area contributed by atoms with E-state index in [1.54, 1.807) is 16.2 Å². The minimum Gasteiger partial charge on any atom is -0.310 e. The maximum Gasteiger partial charge on any atom is 0.323 e. The lowest BCUT2D eigenvalue weighted by Gasteiger charge is -2.21. The monoisotopic (exact) mass is 223 g/mol. The number of rotatable bonds is 3. The van der Waals surface area contributed by atoms with Crippen LogP contribution in [0.2, 0.25) is 0 Å². The highest BCUT2D eigenvalue weighted by atomic mass is 32.1. The molecule has 1 aromatic heterocycles. The normalized spacial score (nSPS) is 20.9. The van der Waals surface area contributed by atoms with Crippen LogP contribution >= 0.6 is 11.3 Å². The Bertz CT molecular complexity index is 374. The van der Waals surface area contributed by atoms with Crippen LogP contribution in [0.25, 0.3) is 0 Å². The molecule has 5 heteroatoms. The van der Waals surface area contributed by atoms with Crippen LogP contribution in [0, 0.1) is 5.41 Å². The van der Waals surface area contributed by atoms with Crippen molar-refractivity contribution < 1.29 is 4.79 Å². The Labute approximate surface area is 92.4 Å². The Morgan fingerprint density at radius 1 is 1.67 bits per heavy atom. The van der Waals surface area contributed by atoms with Gasteiger partial charge >= 0.3 is 6.03 Å². The summed E-state index contributed by atoms with van der Waals surface area (Å²) in [6.07, 6.45) is 0.904. The summed E-state index contributed by atoms with van der Waals surface area (Å²) in [6.45, 7) is 2.72. The summed E-state index contributed by atoms with van der Waals surface area (Å²) >= 11 is 1.59. The minimum atomic E-state index is -0.205. The van der Waals surface area contributed by atoms with Crippen LogP contribution in [0.5, 0.6) is 0 Å². The number of hydrogen-bond acceptors (Lipinski definition) is 3. The van der Waals surface area contributed by atoms with E-state index < -0.39 is 0 Å². The summed E-state index contributed by atoms with van der Waals surface area (Å²) in [5.74, 6) is 0.284. The molecular weight excluding hydrogens is 210 g/mol. The number of carbonyl (C=O) groups excluding carboxylic acids is 1. The number of nitrogens with zero attached hydrogens (tertiary/aromatic N) is 1. The van der Waals surface area contributed by atoms with Gasteiger partial charge in [-0.1, -0.05) is 6.92 Å². The van der Waals surface area contributed by atoms with Crippen molar-refractivity contribution in [3.05, 3.63) is 22.4 Å². The van der Waals surface area contributed by atoms with Crippen LogP contribution in [0.1, 0.15) is 24.9 Å². The van der Waals surface area contributed by atoms with E-state index in [4.69, 9.17) is 5.41 Å². The second-order valence-electron chi connectivity index (χ2n) is 3.50. The molecule has 2 amide bonds. The van der Waals surface area contributed by atoms with Gasteiger partial charge in [0.1, 0.15) is 11.9 Å². The SMILES string of the molecule is CCCN1C(=O)NC(=N)C1c1ccsc1. The summed E-state index contributed by atoms with van der Waals surface area (Å²) in [6, 6.07) is 1.61. The van der Waals surface area contributed by atoms with Crippen LogP contribution < -0.4 is 5.32 Å². The Balaban J connectivity index is 2.27. The first-order valence-corrected chi connectivity index (χ1v) is 5.86. The van der Waals surface area contributed by atoms with Gasteiger partial charge in [-0.3, -0.25) is 10.7 Å². The molecule has 0 bridgehead atoms. The number of amidine groups is 1. The summed E-state index contributed by atoms with van der Waals surface area (Å²) in [5.41, 5.74) is 1.02. The molecule has 1 saturated heterocycles. The number of amides is 2. The van der Waals surface area contributed by atoms with Crippen molar-refractivity contribution >= 4 is 23.2 Å². The third-order valence-corrected chi connectivity index (χ3v) is 3.11. The fourth-order valence-corrected chi connectivity index (χ4v) is 2.46. The second-order valence-corrected chi connectivity index (χ2v) is 4.28. The number of hydrogen-bond donors (Lipinski definition) is 2. The van der Waals surface area contributed by atoms with Gasteiger partial charge in [0.05, 0.1) is 0 Å². The van der Waals surface area contributed by atoms with Crippen LogP contribution in [0.15, 0.2) is 16.8 Å². The van der Waals surface area contributed by atoms with Crippen LogP contribution in [-0.4, -0.2) is 23.3 Å². The van der Waals surface area contributed by atoms with Crippen molar-refractivity contribution in [2.24, 2.45) is 0 Å². The van der Waals surface area contributed by atoms with E-state index in [0.717, 1.165) is 12.0 Å². The van der Waals surface area contributed by atoms with E-state index in [0.29, 0.717) is 6.54 Å². The maximum atomic E-state index is 11.6. The molecule has 4 nitrogen and oxygen atoms in total.